The molecule has 16 heavy (non-hydrogen) atoms. The Bertz CT molecular complexity index is 347. The molecule has 3 nitrogen and oxygen atoms in total. The molecular weight excluding hydrogens is 202 g/mol. The first-order valence-corrected chi connectivity index (χ1v) is 4.47. The molecule has 0 radical (unpaired) electrons. The van der Waals surface area contributed by atoms with Gasteiger partial charge < -0.3 is 5.11 Å². The molecule has 0 saturated heterocycles. The van der Waals surface area contributed by atoms with Crippen LogP contribution in [0.4, 0.5) is 0 Å². The Morgan fingerprint density at radius 3 is 2.38 bits per heavy atom. The van der Waals surface area contributed by atoms with Crippen molar-refractivity contribution < 1.29 is 9.90 Å². The van der Waals surface area contributed by atoms with E-state index in [0.717, 1.165) is 0 Å². The minimum absolute atomic E-state index is 0. The van der Waals surface area contributed by atoms with E-state index >= 15 is 0 Å². The van der Waals surface area contributed by atoms with Gasteiger partial charge in [-0.15, -0.1) is 0 Å². The van der Waals surface area contributed by atoms with Crippen LogP contribution in [-0.4, -0.2) is 17.3 Å². The SMILES string of the molecule is C.C=C/C=C/C=C\N=C\C(C)=C(/C)C(=O)O. The number of nitrogens with zero attached hydrogens (tertiary/aromatic N) is 1. The van der Waals surface area contributed by atoms with Crippen molar-refractivity contribution in [3.8, 4) is 0 Å². The monoisotopic (exact) mass is 221 g/mol. The van der Waals surface area contributed by atoms with Crippen molar-refractivity contribution in [2.24, 2.45) is 4.99 Å². The van der Waals surface area contributed by atoms with Crippen LogP contribution in [0.1, 0.15) is 21.3 Å². The molecule has 0 fully saturated rings. The van der Waals surface area contributed by atoms with Crippen molar-refractivity contribution in [1.82, 2.24) is 0 Å². The number of hydrogen-bond donors (Lipinski definition) is 1. The fraction of sp³-hybridized carbons (Fsp3) is 0.231. The Hall–Kier alpha value is -1.90. The van der Waals surface area contributed by atoms with Crippen LogP contribution < -0.4 is 0 Å². The highest BCUT2D eigenvalue weighted by molar-refractivity contribution is 5.94. The Kier molecular flexibility index (Phi) is 9.96. The summed E-state index contributed by atoms with van der Waals surface area (Å²) in [4.78, 5) is 14.5. The molecule has 0 unspecified atom stereocenters. The average Bonchev–Trinajstić information content (AvgIpc) is 2.21. The minimum atomic E-state index is -0.922. The molecule has 88 valence electrons. The molecule has 0 amide bonds. The van der Waals surface area contributed by atoms with Gasteiger partial charge in [-0.05, 0) is 25.5 Å². The van der Waals surface area contributed by atoms with Gasteiger partial charge in [-0.2, -0.15) is 0 Å². The largest absolute Gasteiger partial charge is 0.478 e. The van der Waals surface area contributed by atoms with Crippen LogP contribution in [0.25, 0.3) is 0 Å². The maximum absolute atomic E-state index is 10.6. The molecule has 0 aliphatic carbocycles. The highest BCUT2D eigenvalue weighted by atomic mass is 16.4. The molecule has 0 spiro atoms. The second-order valence-electron chi connectivity index (χ2n) is 2.85. The third-order valence-corrected chi connectivity index (χ3v) is 1.71. The summed E-state index contributed by atoms with van der Waals surface area (Å²) in [7, 11) is 0. The summed E-state index contributed by atoms with van der Waals surface area (Å²) in [5, 5.41) is 8.67. The number of aliphatic imine (C=N–C) groups is 1. The fourth-order valence-corrected chi connectivity index (χ4v) is 0.662. The number of aliphatic carboxylic acids is 1. The normalized spacial score (nSPS) is 12.9. The number of carboxylic acid groups (broad SMARTS) is 1. The van der Waals surface area contributed by atoms with Gasteiger partial charge in [0.2, 0.25) is 0 Å². The second kappa shape index (κ2) is 9.65. The molecule has 0 aliphatic heterocycles. The molecule has 1 N–H and O–H groups in total. The van der Waals surface area contributed by atoms with E-state index in [1.54, 1.807) is 44.4 Å². The van der Waals surface area contributed by atoms with Gasteiger partial charge in [0.1, 0.15) is 0 Å². The molecule has 0 aromatic heterocycles. The van der Waals surface area contributed by atoms with E-state index in [0.29, 0.717) is 11.1 Å². The van der Waals surface area contributed by atoms with E-state index in [4.69, 9.17) is 5.11 Å². The van der Waals surface area contributed by atoms with Crippen molar-refractivity contribution in [2.45, 2.75) is 21.3 Å². The summed E-state index contributed by atoms with van der Waals surface area (Å²) in [5.74, 6) is -0.922. The van der Waals surface area contributed by atoms with Gasteiger partial charge in [-0.1, -0.05) is 32.2 Å². The predicted molar refractivity (Wildman–Crippen MR) is 69.7 cm³/mol. The maximum Gasteiger partial charge on any atom is 0.331 e. The zero-order chi connectivity index (χ0) is 11.7. The summed E-state index contributed by atoms with van der Waals surface area (Å²) in [6, 6.07) is 0. The highest BCUT2D eigenvalue weighted by Crippen LogP contribution is 2.00. The third-order valence-electron chi connectivity index (χ3n) is 1.71. The van der Waals surface area contributed by atoms with Crippen LogP contribution in [0, 0.1) is 0 Å². The summed E-state index contributed by atoms with van der Waals surface area (Å²) >= 11 is 0. The molecule has 0 aromatic carbocycles. The predicted octanol–water partition coefficient (Wildman–Crippen LogP) is 3.37. The molecule has 3 heteroatoms. The lowest BCUT2D eigenvalue weighted by atomic mass is 10.2. The number of carbonyl (C=O) groups is 1. The minimum Gasteiger partial charge on any atom is -0.478 e. The summed E-state index contributed by atoms with van der Waals surface area (Å²) in [5.41, 5.74) is 0.939. The second-order valence-corrected chi connectivity index (χ2v) is 2.85. The van der Waals surface area contributed by atoms with Crippen molar-refractivity contribution >= 4 is 12.2 Å². The lowest BCUT2D eigenvalue weighted by molar-refractivity contribution is -0.132. The zero-order valence-corrected chi connectivity index (χ0v) is 8.97. The standard InChI is InChI=1S/C12H15NO2.CH4/c1-4-5-6-7-8-13-9-10(2)11(3)12(14)15;/h4-9H,1H2,2-3H3,(H,14,15);1H4/b6-5+,8-7-,11-10+,13-9+;. The van der Waals surface area contributed by atoms with Crippen LogP contribution in [-0.2, 0) is 4.79 Å². The Morgan fingerprint density at radius 1 is 1.25 bits per heavy atom. The third kappa shape index (κ3) is 7.50. The van der Waals surface area contributed by atoms with Gasteiger partial charge in [0.15, 0.2) is 0 Å². The number of carboxylic acids is 1. The van der Waals surface area contributed by atoms with Gasteiger partial charge in [0.05, 0.1) is 0 Å². The van der Waals surface area contributed by atoms with Crippen LogP contribution in [0.2, 0.25) is 0 Å². The first-order chi connectivity index (χ1) is 7.09. The quantitative estimate of drug-likeness (QED) is 0.439. The van der Waals surface area contributed by atoms with Crippen LogP contribution in [0.5, 0.6) is 0 Å². The molecular formula is C13H19NO2. The lowest BCUT2D eigenvalue weighted by Gasteiger charge is -1.94. The average molecular weight is 221 g/mol. The van der Waals surface area contributed by atoms with E-state index < -0.39 is 5.97 Å². The van der Waals surface area contributed by atoms with E-state index in [1.807, 2.05) is 0 Å². The molecule has 0 aliphatic rings. The van der Waals surface area contributed by atoms with Crippen molar-refractivity contribution in [3.63, 3.8) is 0 Å². The van der Waals surface area contributed by atoms with Crippen LogP contribution in [0.3, 0.4) is 0 Å². The highest BCUT2D eigenvalue weighted by Gasteiger charge is 2.01. The number of allylic oxidation sites excluding steroid dienone is 5. The van der Waals surface area contributed by atoms with Gasteiger partial charge >= 0.3 is 5.97 Å². The summed E-state index contributed by atoms with van der Waals surface area (Å²) in [6.45, 7) is 6.77. The summed E-state index contributed by atoms with van der Waals surface area (Å²) < 4.78 is 0. The molecule has 0 atom stereocenters. The first kappa shape index (κ1) is 16.5. The maximum atomic E-state index is 10.6. The first-order valence-electron chi connectivity index (χ1n) is 4.47. The van der Waals surface area contributed by atoms with Crippen LogP contribution in [0.15, 0.2) is 53.2 Å². The van der Waals surface area contributed by atoms with Crippen molar-refractivity contribution in [3.05, 3.63) is 48.2 Å². The Balaban J connectivity index is 0. The topological polar surface area (TPSA) is 49.7 Å². The molecule has 0 rings (SSSR count). The van der Waals surface area contributed by atoms with E-state index in [9.17, 15) is 4.79 Å². The smallest absolute Gasteiger partial charge is 0.331 e. The number of hydrogen-bond acceptors (Lipinski definition) is 2. The van der Waals surface area contributed by atoms with Crippen molar-refractivity contribution in [1.29, 1.82) is 0 Å². The Labute approximate surface area is 97.2 Å². The Morgan fingerprint density at radius 2 is 1.88 bits per heavy atom. The van der Waals surface area contributed by atoms with Crippen LogP contribution >= 0.6 is 0 Å². The van der Waals surface area contributed by atoms with E-state index in [2.05, 4.69) is 11.6 Å². The zero-order valence-electron chi connectivity index (χ0n) is 8.97. The fourth-order valence-electron chi connectivity index (χ4n) is 0.662. The molecule has 0 bridgehead atoms. The summed E-state index contributed by atoms with van der Waals surface area (Å²) in [6.07, 6.45) is 10.1. The lowest BCUT2D eigenvalue weighted by Crippen LogP contribution is -1.99. The molecule has 0 aromatic rings. The van der Waals surface area contributed by atoms with E-state index in [-0.39, 0.29) is 7.43 Å². The molecule has 0 heterocycles. The molecule has 0 saturated carbocycles. The van der Waals surface area contributed by atoms with Gasteiger partial charge in [0.25, 0.3) is 0 Å². The van der Waals surface area contributed by atoms with Gasteiger partial charge in [0, 0.05) is 18.0 Å². The number of rotatable bonds is 5. The van der Waals surface area contributed by atoms with Gasteiger partial charge in [-0.25, -0.2) is 4.79 Å². The van der Waals surface area contributed by atoms with E-state index in [1.165, 1.54) is 6.21 Å². The van der Waals surface area contributed by atoms with Crippen molar-refractivity contribution in [2.75, 3.05) is 0 Å². The van der Waals surface area contributed by atoms with Gasteiger partial charge in [-0.3, -0.25) is 4.99 Å².